The van der Waals surface area contributed by atoms with Crippen molar-refractivity contribution in [3.63, 3.8) is 0 Å². The first kappa shape index (κ1) is 24.8. The van der Waals surface area contributed by atoms with Gasteiger partial charge >= 0.3 is 0 Å². The molecule has 0 atom stereocenters. The molecule has 5 rings (SSSR count). The zero-order valence-electron chi connectivity index (χ0n) is 20.9. The second kappa shape index (κ2) is 11.4. The highest BCUT2D eigenvalue weighted by Crippen LogP contribution is 2.26. The minimum absolute atomic E-state index is 0.0194. The van der Waals surface area contributed by atoms with Crippen molar-refractivity contribution in [2.24, 2.45) is 5.92 Å². The lowest BCUT2D eigenvalue weighted by molar-refractivity contribution is 0.166. The van der Waals surface area contributed by atoms with Crippen LogP contribution in [0.3, 0.4) is 0 Å². The Morgan fingerprint density at radius 2 is 1.75 bits per heavy atom. The molecule has 0 bridgehead atoms. The fourth-order valence-corrected chi connectivity index (χ4v) is 5.85. The van der Waals surface area contributed by atoms with Crippen LogP contribution >= 0.6 is 15.9 Å². The molecular weight excluding hydrogens is 514 g/mol. The number of benzene rings is 2. The first-order chi connectivity index (χ1) is 17.6. The lowest BCUT2D eigenvalue weighted by atomic mass is 9.90. The van der Waals surface area contributed by atoms with Crippen LogP contribution in [0.2, 0.25) is 0 Å². The monoisotopic (exact) mass is 547 g/mol. The van der Waals surface area contributed by atoms with Crippen LogP contribution in [0.4, 0.5) is 0 Å². The normalized spacial score (nSPS) is 14.9. The third-order valence-electron chi connectivity index (χ3n) is 7.38. The summed E-state index contributed by atoms with van der Waals surface area (Å²) in [6.07, 6.45) is 11.7. The summed E-state index contributed by atoms with van der Waals surface area (Å²) in [6, 6.07) is 18.7. The molecule has 1 aliphatic heterocycles. The summed E-state index contributed by atoms with van der Waals surface area (Å²) in [5.74, 6) is 0.789. The molecule has 0 radical (unpaired) electrons. The van der Waals surface area contributed by atoms with Gasteiger partial charge in [0.05, 0.1) is 17.7 Å². The number of aromatic nitrogens is 4. The van der Waals surface area contributed by atoms with Crippen LogP contribution in [-0.4, -0.2) is 36.9 Å². The summed E-state index contributed by atoms with van der Waals surface area (Å²) >= 11 is 3.62. The maximum atomic E-state index is 13.0. The van der Waals surface area contributed by atoms with E-state index < -0.39 is 0 Å². The average molecular weight is 549 g/mol. The highest BCUT2D eigenvalue weighted by Gasteiger charge is 2.24. The van der Waals surface area contributed by atoms with Crippen LogP contribution in [0.15, 0.2) is 82.6 Å². The van der Waals surface area contributed by atoms with Crippen LogP contribution in [0, 0.1) is 5.92 Å². The second-order valence-electron chi connectivity index (χ2n) is 9.68. The van der Waals surface area contributed by atoms with Gasteiger partial charge in [0.25, 0.3) is 5.56 Å². The van der Waals surface area contributed by atoms with Crippen LogP contribution < -0.4 is 5.56 Å². The number of rotatable bonds is 9. The summed E-state index contributed by atoms with van der Waals surface area (Å²) in [5, 5.41) is 0. The van der Waals surface area contributed by atoms with E-state index in [-0.39, 0.29) is 5.56 Å². The Kier molecular flexibility index (Phi) is 7.87. The number of hydrogen-bond acceptors (Lipinski definition) is 3. The molecule has 2 aromatic heterocycles. The number of piperidine rings is 1. The van der Waals surface area contributed by atoms with E-state index in [9.17, 15) is 4.79 Å². The van der Waals surface area contributed by atoms with E-state index in [2.05, 4.69) is 61.7 Å². The maximum Gasteiger partial charge on any atom is 0.286 e. The molecule has 7 heteroatoms. The number of likely N-dealkylation sites (tertiary alicyclic amines) is 1. The van der Waals surface area contributed by atoms with Gasteiger partial charge in [-0.2, -0.15) is 0 Å². The Morgan fingerprint density at radius 1 is 1.00 bits per heavy atom. The van der Waals surface area contributed by atoms with E-state index in [1.54, 1.807) is 4.68 Å². The smallest absolute Gasteiger partial charge is 0.286 e. The number of halogens is 1. The molecule has 0 amide bonds. The van der Waals surface area contributed by atoms with Crippen molar-refractivity contribution in [2.45, 2.75) is 52.1 Å². The van der Waals surface area contributed by atoms with Gasteiger partial charge in [-0.05, 0) is 97.4 Å². The van der Waals surface area contributed by atoms with E-state index in [0.717, 1.165) is 55.6 Å². The zero-order valence-corrected chi connectivity index (χ0v) is 22.5. The van der Waals surface area contributed by atoms with Gasteiger partial charge in [0.15, 0.2) is 0 Å². The number of hydrogen-bond donors (Lipinski definition) is 0. The minimum Gasteiger partial charge on any atom is -0.306 e. The standard InChI is InChI=1S/C29H34BrN5O/c1-2-34-27(28(30)29(36)35(34)26-9-4-3-5-10-26)21-32-18-15-24(16-19-32)8-6-7-23-11-13-25(14-12-23)33-20-17-31-22-33/h3-5,9-14,17,20,22,24H,2,6-8,15-16,18-19,21H2,1H3. The molecule has 6 nitrogen and oxygen atoms in total. The molecule has 36 heavy (non-hydrogen) atoms. The molecule has 2 aromatic carbocycles. The van der Waals surface area contributed by atoms with Crippen molar-refractivity contribution < 1.29 is 0 Å². The Morgan fingerprint density at radius 3 is 2.42 bits per heavy atom. The molecule has 0 unspecified atom stereocenters. The predicted octanol–water partition coefficient (Wildman–Crippen LogP) is 5.84. The van der Waals surface area contributed by atoms with Crippen molar-refractivity contribution in [1.29, 1.82) is 0 Å². The number of imidazole rings is 1. The molecule has 3 heterocycles. The average Bonchev–Trinajstić information content (AvgIpc) is 3.54. The van der Waals surface area contributed by atoms with Gasteiger partial charge in [-0.15, -0.1) is 0 Å². The van der Waals surface area contributed by atoms with Gasteiger partial charge in [-0.1, -0.05) is 36.8 Å². The van der Waals surface area contributed by atoms with Gasteiger partial charge < -0.3 is 4.57 Å². The molecule has 0 saturated carbocycles. The van der Waals surface area contributed by atoms with Gasteiger partial charge in [-0.3, -0.25) is 14.4 Å². The van der Waals surface area contributed by atoms with Crippen molar-refractivity contribution in [3.05, 3.63) is 99.4 Å². The number of aryl methyl sites for hydroxylation is 1. The van der Waals surface area contributed by atoms with Crippen LogP contribution in [0.25, 0.3) is 11.4 Å². The molecule has 4 aromatic rings. The Bertz CT molecular complexity index is 1300. The molecule has 1 saturated heterocycles. The molecule has 1 aliphatic rings. The first-order valence-corrected chi connectivity index (χ1v) is 13.8. The summed E-state index contributed by atoms with van der Waals surface area (Å²) in [7, 11) is 0. The highest BCUT2D eigenvalue weighted by molar-refractivity contribution is 9.10. The predicted molar refractivity (Wildman–Crippen MR) is 148 cm³/mol. The Labute approximate surface area is 221 Å². The van der Waals surface area contributed by atoms with E-state index in [4.69, 9.17) is 0 Å². The third-order valence-corrected chi connectivity index (χ3v) is 8.18. The van der Waals surface area contributed by atoms with E-state index in [0.29, 0.717) is 4.47 Å². The van der Waals surface area contributed by atoms with Crippen molar-refractivity contribution in [3.8, 4) is 11.4 Å². The van der Waals surface area contributed by atoms with Crippen LogP contribution in [0.5, 0.6) is 0 Å². The molecule has 1 fully saturated rings. The summed E-state index contributed by atoms with van der Waals surface area (Å²) < 4.78 is 6.64. The maximum absolute atomic E-state index is 13.0. The first-order valence-electron chi connectivity index (χ1n) is 13.0. The lowest BCUT2D eigenvalue weighted by Gasteiger charge is -2.32. The SMILES string of the molecule is CCn1c(CN2CCC(CCCc3ccc(-n4ccnc4)cc3)CC2)c(Br)c(=O)n1-c1ccccc1. The third kappa shape index (κ3) is 5.42. The van der Waals surface area contributed by atoms with Crippen molar-refractivity contribution >= 4 is 15.9 Å². The van der Waals surface area contributed by atoms with Crippen LogP contribution in [0.1, 0.15) is 43.9 Å². The largest absolute Gasteiger partial charge is 0.306 e. The topological polar surface area (TPSA) is 48.0 Å². The summed E-state index contributed by atoms with van der Waals surface area (Å²) in [5.41, 5.74) is 4.56. The molecule has 0 spiro atoms. The molecular formula is C29H34BrN5O. The van der Waals surface area contributed by atoms with Gasteiger partial charge in [-0.25, -0.2) is 9.67 Å². The number of para-hydroxylation sites is 1. The fourth-order valence-electron chi connectivity index (χ4n) is 5.36. The zero-order chi connectivity index (χ0) is 24.9. The van der Waals surface area contributed by atoms with Crippen LogP contribution in [-0.2, 0) is 19.5 Å². The molecule has 188 valence electrons. The second-order valence-corrected chi connectivity index (χ2v) is 10.5. The highest BCUT2D eigenvalue weighted by atomic mass is 79.9. The quantitative estimate of drug-likeness (QED) is 0.264. The van der Waals surface area contributed by atoms with Gasteiger partial charge in [0.2, 0.25) is 0 Å². The molecule has 0 N–H and O–H groups in total. The lowest BCUT2D eigenvalue weighted by Crippen LogP contribution is -2.34. The van der Waals surface area contributed by atoms with E-state index >= 15 is 0 Å². The van der Waals surface area contributed by atoms with Crippen molar-refractivity contribution in [1.82, 2.24) is 23.8 Å². The minimum atomic E-state index is 0.0194. The van der Waals surface area contributed by atoms with E-state index in [1.807, 2.05) is 53.6 Å². The molecule has 0 aliphatic carbocycles. The van der Waals surface area contributed by atoms with Crippen molar-refractivity contribution in [2.75, 3.05) is 13.1 Å². The van der Waals surface area contributed by atoms with Gasteiger partial charge in [0.1, 0.15) is 4.47 Å². The van der Waals surface area contributed by atoms with E-state index in [1.165, 1.54) is 31.2 Å². The number of nitrogens with zero attached hydrogens (tertiary/aromatic N) is 5. The Hall–Kier alpha value is -2.90. The summed E-state index contributed by atoms with van der Waals surface area (Å²) in [4.78, 5) is 19.7. The Balaban J connectivity index is 1.13. The summed E-state index contributed by atoms with van der Waals surface area (Å²) in [6.45, 7) is 5.84. The van der Waals surface area contributed by atoms with Gasteiger partial charge in [0, 0.05) is 31.2 Å². The fraction of sp³-hybridized carbons (Fsp3) is 0.379.